The number of pyridine rings is 1. The predicted octanol–water partition coefficient (Wildman–Crippen LogP) is 2.10. The molecule has 7 heteroatoms. The van der Waals surface area contributed by atoms with E-state index in [0.717, 1.165) is 36.5 Å². The van der Waals surface area contributed by atoms with Gasteiger partial charge in [-0.3, -0.25) is 9.67 Å². The lowest BCUT2D eigenvalue weighted by Gasteiger charge is -2.30. The molecule has 0 radical (unpaired) electrons. The fourth-order valence-electron chi connectivity index (χ4n) is 3.11. The molecule has 6 nitrogen and oxygen atoms in total. The molecule has 124 valence electrons. The second kappa shape index (κ2) is 6.41. The van der Waals surface area contributed by atoms with E-state index in [1.807, 2.05) is 28.9 Å². The molecule has 0 aliphatic carbocycles. The van der Waals surface area contributed by atoms with E-state index in [1.165, 1.54) is 6.26 Å². The number of hydrogen-bond donors (Lipinski definition) is 0. The molecule has 1 fully saturated rings. The lowest BCUT2D eigenvalue weighted by atomic mass is 9.94. The van der Waals surface area contributed by atoms with Crippen molar-refractivity contribution >= 4 is 10.0 Å². The Kier molecular flexibility index (Phi) is 4.50. The Labute approximate surface area is 137 Å². The second-order valence-corrected chi connectivity index (χ2v) is 7.90. The van der Waals surface area contributed by atoms with Crippen LogP contribution in [0.3, 0.4) is 0 Å². The molecule has 3 heterocycles. The molecule has 3 rings (SSSR count). The summed E-state index contributed by atoms with van der Waals surface area (Å²) >= 11 is 0. The quantitative estimate of drug-likeness (QED) is 0.859. The highest BCUT2D eigenvalue weighted by atomic mass is 32.2. The molecule has 2 aromatic rings. The number of aromatic nitrogens is 3. The van der Waals surface area contributed by atoms with Gasteiger partial charge in [-0.05, 0) is 38.0 Å². The smallest absolute Gasteiger partial charge is 0.211 e. The Morgan fingerprint density at radius 2 is 1.96 bits per heavy atom. The molecular formula is C16H22N4O2S. The maximum absolute atomic E-state index is 11.6. The third kappa shape index (κ3) is 3.45. The van der Waals surface area contributed by atoms with E-state index < -0.39 is 10.0 Å². The third-order valence-corrected chi connectivity index (χ3v) is 5.69. The molecule has 0 bridgehead atoms. The molecule has 2 aromatic heterocycles. The van der Waals surface area contributed by atoms with E-state index in [0.29, 0.717) is 19.0 Å². The summed E-state index contributed by atoms with van der Waals surface area (Å²) in [5, 5.41) is 4.29. The number of hydrogen-bond acceptors (Lipinski definition) is 4. The zero-order valence-corrected chi connectivity index (χ0v) is 14.3. The monoisotopic (exact) mass is 334 g/mol. The van der Waals surface area contributed by atoms with Gasteiger partial charge in [0.1, 0.15) is 0 Å². The highest BCUT2D eigenvalue weighted by Crippen LogP contribution is 2.29. The van der Waals surface area contributed by atoms with Gasteiger partial charge in [0.15, 0.2) is 0 Å². The van der Waals surface area contributed by atoms with Crippen molar-refractivity contribution in [2.24, 2.45) is 0 Å². The van der Waals surface area contributed by atoms with E-state index >= 15 is 0 Å². The molecule has 1 aliphatic heterocycles. The van der Waals surface area contributed by atoms with Crippen molar-refractivity contribution in [1.29, 1.82) is 0 Å². The Morgan fingerprint density at radius 3 is 2.61 bits per heavy atom. The van der Waals surface area contributed by atoms with Gasteiger partial charge in [-0.25, -0.2) is 12.7 Å². The van der Waals surface area contributed by atoms with Crippen LogP contribution in [0.1, 0.15) is 31.4 Å². The molecule has 0 atom stereocenters. The lowest BCUT2D eigenvalue weighted by molar-refractivity contribution is 0.318. The molecule has 23 heavy (non-hydrogen) atoms. The van der Waals surface area contributed by atoms with Gasteiger partial charge >= 0.3 is 0 Å². The van der Waals surface area contributed by atoms with Crippen molar-refractivity contribution in [3.63, 3.8) is 0 Å². The lowest BCUT2D eigenvalue weighted by Crippen LogP contribution is -2.37. The van der Waals surface area contributed by atoms with Crippen molar-refractivity contribution in [3.8, 4) is 11.4 Å². The van der Waals surface area contributed by atoms with Gasteiger partial charge < -0.3 is 0 Å². The Hall–Kier alpha value is -1.73. The van der Waals surface area contributed by atoms with Gasteiger partial charge in [-0.2, -0.15) is 5.10 Å². The summed E-state index contributed by atoms with van der Waals surface area (Å²) < 4.78 is 26.7. The molecule has 1 saturated heterocycles. The van der Waals surface area contributed by atoms with Gasteiger partial charge in [0.05, 0.1) is 17.6 Å². The largest absolute Gasteiger partial charge is 0.264 e. The maximum atomic E-state index is 11.6. The summed E-state index contributed by atoms with van der Waals surface area (Å²) in [6, 6.07) is 8.03. The minimum Gasteiger partial charge on any atom is -0.264 e. The molecular weight excluding hydrogens is 312 g/mol. The first kappa shape index (κ1) is 16.1. The SMILES string of the molecule is CCn1nccc1-c1cccc(C2CCN(S(C)(=O)=O)CC2)n1. The number of piperidine rings is 1. The van der Waals surface area contributed by atoms with Crippen LogP contribution in [0.25, 0.3) is 11.4 Å². The van der Waals surface area contributed by atoms with Gasteiger partial charge in [-0.15, -0.1) is 0 Å². The zero-order valence-electron chi connectivity index (χ0n) is 13.5. The Balaban J connectivity index is 1.79. The minimum atomic E-state index is -3.08. The van der Waals surface area contributed by atoms with E-state index in [1.54, 1.807) is 10.5 Å². The van der Waals surface area contributed by atoms with Gasteiger partial charge in [0.2, 0.25) is 10.0 Å². The standard InChI is InChI=1S/C16H22N4O2S/c1-3-20-16(7-10-17-20)15-6-4-5-14(18-15)13-8-11-19(12-9-13)23(2,21)22/h4-7,10,13H,3,8-9,11-12H2,1-2H3. The van der Waals surface area contributed by atoms with Crippen molar-refractivity contribution in [3.05, 3.63) is 36.2 Å². The summed E-state index contributed by atoms with van der Waals surface area (Å²) in [4.78, 5) is 4.81. The fraction of sp³-hybridized carbons (Fsp3) is 0.500. The normalized spacial score (nSPS) is 17.5. The topological polar surface area (TPSA) is 68.1 Å². The fourth-order valence-corrected chi connectivity index (χ4v) is 3.98. The summed E-state index contributed by atoms with van der Waals surface area (Å²) in [5.74, 6) is 0.311. The van der Waals surface area contributed by atoms with Gasteiger partial charge in [0, 0.05) is 37.4 Å². The van der Waals surface area contributed by atoms with Crippen LogP contribution < -0.4 is 0 Å². The van der Waals surface area contributed by atoms with Crippen LogP contribution in [-0.2, 0) is 16.6 Å². The number of sulfonamides is 1. The van der Waals surface area contributed by atoms with Crippen LogP contribution in [0.4, 0.5) is 0 Å². The Bertz CT molecular complexity index is 777. The third-order valence-electron chi connectivity index (χ3n) is 4.39. The molecule has 0 unspecified atom stereocenters. The van der Waals surface area contributed by atoms with Crippen molar-refractivity contribution < 1.29 is 8.42 Å². The molecule has 1 aliphatic rings. The highest BCUT2D eigenvalue weighted by Gasteiger charge is 2.26. The van der Waals surface area contributed by atoms with E-state index in [2.05, 4.69) is 12.0 Å². The summed E-state index contributed by atoms with van der Waals surface area (Å²) in [5.41, 5.74) is 2.98. The first-order valence-corrected chi connectivity index (χ1v) is 9.78. The molecule has 0 saturated carbocycles. The van der Waals surface area contributed by atoms with Crippen molar-refractivity contribution in [2.45, 2.75) is 32.2 Å². The highest BCUT2D eigenvalue weighted by molar-refractivity contribution is 7.88. The zero-order chi connectivity index (χ0) is 16.4. The second-order valence-electron chi connectivity index (χ2n) is 5.92. The van der Waals surface area contributed by atoms with Gasteiger partial charge in [-0.1, -0.05) is 6.07 Å². The number of aryl methyl sites for hydroxylation is 1. The first-order valence-electron chi connectivity index (χ1n) is 7.93. The van der Waals surface area contributed by atoms with Crippen molar-refractivity contribution in [2.75, 3.05) is 19.3 Å². The maximum Gasteiger partial charge on any atom is 0.211 e. The summed E-state index contributed by atoms with van der Waals surface area (Å²) in [6.07, 6.45) is 4.70. The summed E-state index contributed by atoms with van der Waals surface area (Å²) in [6.45, 7) is 4.01. The first-order chi connectivity index (χ1) is 11.0. The van der Waals surface area contributed by atoms with Crippen LogP contribution in [0.5, 0.6) is 0 Å². The predicted molar refractivity (Wildman–Crippen MR) is 89.5 cm³/mol. The molecule has 0 spiro atoms. The van der Waals surface area contributed by atoms with Crippen LogP contribution in [0, 0.1) is 0 Å². The van der Waals surface area contributed by atoms with Crippen LogP contribution in [0.2, 0.25) is 0 Å². The minimum absolute atomic E-state index is 0.311. The van der Waals surface area contributed by atoms with Crippen LogP contribution >= 0.6 is 0 Å². The average Bonchev–Trinajstić information content (AvgIpc) is 3.03. The van der Waals surface area contributed by atoms with E-state index in [4.69, 9.17) is 4.98 Å². The van der Waals surface area contributed by atoms with E-state index in [9.17, 15) is 8.42 Å². The molecule has 0 amide bonds. The summed E-state index contributed by atoms with van der Waals surface area (Å²) in [7, 11) is -3.08. The van der Waals surface area contributed by atoms with Crippen molar-refractivity contribution in [1.82, 2.24) is 19.1 Å². The average molecular weight is 334 g/mol. The number of nitrogens with zero attached hydrogens (tertiary/aromatic N) is 4. The van der Waals surface area contributed by atoms with Crippen LogP contribution in [0.15, 0.2) is 30.5 Å². The van der Waals surface area contributed by atoms with Crippen LogP contribution in [-0.4, -0.2) is 46.8 Å². The number of rotatable bonds is 4. The molecule has 0 N–H and O–H groups in total. The van der Waals surface area contributed by atoms with Gasteiger partial charge in [0.25, 0.3) is 0 Å². The van der Waals surface area contributed by atoms with E-state index in [-0.39, 0.29) is 0 Å². The Morgan fingerprint density at radius 1 is 1.22 bits per heavy atom. The molecule has 0 aromatic carbocycles.